The second kappa shape index (κ2) is 7.92. The SMILES string of the molecule is CC(C)(C)c1ccc(OCc2ccccc2)c(-c2csc(CC(=O)O)n2)c1. The quantitative estimate of drug-likeness (QED) is 0.628. The molecule has 4 nitrogen and oxygen atoms in total. The van der Waals surface area contributed by atoms with E-state index in [2.05, 4.69) is 37.9 Å². The zero-order valence-corrected chi connectivity index (χ0v) is 16.5. The Balaban J connectivity index is 1.94. The second-order valence-corrected chi connectivity index (χ2v) is 8.37. The van der Waals surface area contributed by atoms with Crippen LogP contribution in [0.25, 0.3) is 11.3 Å². The summed E-state index contributed by atoms with van der Waals surface area (Å²) < 4.78 is 6.08. The Bertz CT molecular complexity index is 926. The third-order valence-corrected chi connectivity index (χ3v) is 5.06. The molecule has 5 heteroatoms. The smallest absolute Gasteiger partial charge is 0.310 e. The summed E-state index contributed by atoms with van der Waals surface area (Å²) in [6.45, 7) is 6.95. The maximum atomic E-state index is 11.0. The first-order valence-electron chi connectivity index (χ1n) is 8.81. The van der Waals surface area contributed by atoms with Gasteiger partial charge in [-0.15, -0.1) is 11.3 Å². The van der Waals surface area contributed by atoms with Crippen molar-refractivity contribution in [3.8, 4) is 17.0 Å². The Morgan fingerprint density at radius 1 is 1.15 bits per heavy atom. The fourth-order valence-electron chi connectivity index (χ4n) is 2.70. The first-order chi connectivity index (χ1) is 12.8. The van der Waals surface area contributed by atoms with Crippen LogP contribution in [0.3, 0.4) is 0 Å². The molecule has 140 valence electrons. The van der Waals surface area contributed by atoms with Crippen LogP contribution in [0.1, 0.15) is 36.9 Å². The van der Waals surface area contributed by atoms with E-state index < -0.39 is 5.97 Å². The van der Waals surface area contributed by atoms with Gasteiger partial charge < -0.3 is 9.84 Å². The molecule has 0 amide bonds. The molecule has 1 aromatic heterocycles. The summed E-state index contributed by atoms with van der Waals surface area (Å²) in [6.07, 6.45) is -0.0656. The summed E-state index contributed by atoms with van der Waals surface area (Å²) in [7, 11) is 0. The Kier molecular flexibility index (Phi) is 5.61. The molecule has 0 fully saturated rings. The lowest BCUT2D eigenvalue weighted by atomic mass is 9.86. The maximum absolute atomic E-state index is 11.0. The van der Waals surface area contributed by atoms with Gasteiger partial charge in [0.2, 0.25) is 0 Å². The summed E-state index contributed by atoms with van der Waals surface area (Å²) in [6, 6.07) is 16.2. The van der Waals surface area contributed by atoms with Crippen LogP contribution in [0.5, 0.6) is 5.75 Å². The first-order valence-corrected chi connectivity index (χ1v) is 9.69. The van der Waals surface area contributed by atoms with Gasteiger partial charge in [-0.2, -0.15) is 0 Å². The Hall–Kier alpha value is -2.66. The minimum absolute atomic E-state index is 0.00732. The molecule has 0 spiro atoms. The van der Waals surface area contributed by atoms with E-state index in [1.165, 1.54) is 16.9 Å². The molecule has 0 bridgehead atoms. The predicted molar refractivity (Wildman–Crippen MR) is 108 cm³/mol. The zero-order valence-electron chi connectivity index (χ0n) is 15.7. The van der Waals surface area contributed by atoms with Crippen LogP contribution >= 0.6 is 11.3 Å². The average Bonchev–Trinajstić information content (AvgIpc) is 3.07. The number of aliphatic carboxylic acids is 1. The number of carbonyl (C=O) groups is 1. The van der Waals surface area contributed by atoms with Crippen molar-refractivity contribution in [3.05, 3.63) is 70.0 Å². The van der Waals surface area contributed by atoms with Crippen LogP contribution in [-0.4, -0.2) is 16.1 Å². The number of carboxylic acids is 1. The average molecular weight is 381 g/mol. The number of rotatable bonds is 6. The number of nitrogens with zero attached hydrogens (tertiary/aromatic N) is 1. The largest absolute Gasteiger partial charge is 0.488 e. The van der Waals surface area contributed by atoms with Crippen LogP contribution < -0.4 is 4.74 Å². The normalized spacial score (nSPS) is 11.4. The van der Waals surface area contributed by atoms with Gasteiger partial charge in [0.15, 0.2) is 0 Å². The number of hydrogen-bond acceptors (Lipinski definition) is 4. The number of carboxylic acid groups (broad SMARTS) is 1. The van der Waals surface area contributed by atoms with Gasteiger partial charge in [-0.05, 0) is 28.7 Å². The van der Waals surface area contributed by atoms with Crippen molar-refractivity contribution in [3.63, 3.8) is 0 Å². The van der Waals surface area contributed by atoms with Crippen molar-refractivity contribution in [1.82, 2.24) is 4.98 Å². The molecule has 0 aliphatic heterocycles. The van der Waals surface area contributed by atoms with Gasteiger partial charge >= 0.3 is 5.97 Å². The minimum Gasteiger partial charge on any atom is -0.488 e. The third-order valence-electron chi connectivity index (χ3n) is 4.21. The lowest BCUT2D eigenvalue weighted by Crippen LogP contribution is -2.11. The third kappa shape index (κ3) is 4.95. The zero-order chi connectivity index (χ0) is 19.4. The molecular weight excluding hydrogens is 358 g/mol. The number of benzene rings is 2. The van der Waals surface area contributed by atoms with E-state index >= 15 is 0 Å². The topological polar surface area (TPSA) is 59.4 Å². The lowest BCUT2D eigenvalue weighted by Gasteiger charge is -2.21. The predicted octanol–water partition coefficient (Wildman–Crippen LogP) is 5.31. The highest BCUT2D eigenvalue weighted by Gasteiger charge is 2.19. The molecule has 0 saturated heterocycles. The molecule has 3 aromatic rings. The fraction of sp³-hybridized carbons (Fsp3) is 0.273. The molecular formula is C22H23NO3S. The molecule has 27 heavy (non-hydrogen) atoms. The molecule has 0 radical (unpaired) electrons. The number of aromatic nitrogens is 1. The van der Waals surface area contributed by atoms with Crippen molar-refractivity contribution >= 4 is 17.3 Å². The molecule has 0 aliphatic rings. The van der Waals surface area contributed by atoms with Gasteiger partial charge in [-0.3, -0.25) is 4.79 Å². The Labute approximate surface area is 163 Å². The summed E-state index contributed by atoms with van der Waals surface area (Å²) in [4.78, 5) is 15.5. The lowest BCUT2D eigenvalue weighted by molar-refractivity contribution is -0.136. The number of hydrogen-bond donors (Lipinski definition) is 1. The van der Waals surface area contributed by atoms with Crippen LogP contribution in [0.15, 0.2) is 53.9 Å². The van der Waals surface area contributed by atoms with E-state index in [4.69, 9.17) is 9.84 Å². The summed E-state index contributed by atoms with van der Waals surface area (Å²) in [5.74, 6) is -0.126. The highest BCUT2D eigenvalue weighted by Crippen LogP contribution is 2.35. The molecule has 0 aliphatic carbocycles. The highest BCUT2D eigenvalue weighted by atomic mass is 32.1. The van der Waals surface area contributed by atoms with Crippen LogP contribution in [0.2, 0.25) is 0 Å². The monoisotopic (exact) mass is 381 g/mol. The van der Waals surface area contributed by atoms with E-state index in [1.807, 2.05) is 41.8 Å². The minimum atomic E-state index is -0.875. The van der Waals surface area contributed by atoms with Gasteiger partial charge in [0.25, 0.3) is 0 Å². The molecule has 0 unspecified atom stereocenters. The van der Waals surface area contributed by atoms with E-state index in [1.54, 1.807) is 0 Å². The van der Waals surface area contributed by atoms with E-state index in [0.717, 1.165) is 22.6 Å². The van der Waals surface area contributed by atoms with Crippen molar-refractivity contribution in [2.45, 2.75) is 39.2 Å². The Morgan fingerprint density at radius 2 is 1.89 bits per heavy atom. The van der Waals surface area contributed by atoms with Gasteiger partial charge in [0.05, 0.1) is 12.1 Å². The van der Waals surface area contributed by atoms with Gasteiger partial charge in [0.1, 0.15) is 17.4 Å². The molecule has 0 atom stereocenters. The molecule has 1 heterocycles. The van der Waals surface area contributed by atoms with Gasteiger partial charge in [-0.1, -0.05) is 57.2 Å². The van der Waals surface area contributed by atoms with Crippen molar-refractivity contribution in [2.75, 3.05) is 0 Å². The Morgan fingerprint density at radius 3 is 2.56 bits per heavy atom. The first kappa shape index (κ1) is 19.1. The number of thiazole rings is 1. The van der Waals surface area contributed by atoms with E-state index in [-0.39, 0.29) is 11.8 Å². The summed E-state index contributed by atoms with van der Waals surface area (Å²) in [5.41, 5.74) is 3.91. The maximum Gasteiger partial charge on any atom is 0.310 e. The van der Waals surface area contributed by atoms with Gasteiger partial charge in [0, 0.05) is 10.9 Å². The summed E-state index contributed by atoms with van der Waals surface area (Å²) >= 11 is 1.36. The molecule has 0 saturated carbocycles. The van der Waals surface area contributed by atoms with Crippen molar-refractivity contribution in [2.24, 2.45) is 0 Å². The van der Waals surface area contributed by atoms with Crippen molar-refractivity contribution < 1.29 is 14.6 Å². The van der Waals surface area contributed by atoms with Crippen LogP contribution in [0.4, 0.5) is 0 Å². The highest BCUT2D eigenvalue weighted by molar-refractivity contribution is 7.10. The van der Waals surface area contributed by atoms with E-state index in [9.17, 15) is 4.79 Å². The van der Waals surface area contributed by atoms with Crippen LogP contribution in [0, 0.1) is 0 Å². The van der Waals surface area contributed by atoms with Crippen molar-refractivity contribution in [1.29, 1.82) is 0 Å². The van der Waals surface area contributed by atoms with Crippen LogP contribution in [-0.2, 0) is 23.2 Å². The molecule has 1 N–H and O–H groups in total. The van der Waals surface area contributed by atoms with Gasteiger partial charge in [-0.25, -0.2) is 4.98 Å². The second-order valence-electron chi connectivity index (χ2n) is 7.43. The van der Waals surface area contributed by atoms with E-state index in [0.29, 0.717) is 11.6 Å². The fourth-order valence-corrected chi connectivity index (χ4v) is 3.49. The number of ether oxygens (including phenoxy) is 1. The molecule has 3 rings (SSSR count). The summed E-state index contributed by atoms with van der Waals surface area (Å²) in [5, 5.41) is 11.5. The molecule has 2 aromatic carbocycles. The standard InChI is InChI=1S/C22H23NO3S/c1-22(2,3)16-9-10-19(26-13-15-7-5-4-6-8-15)17(11-16)18-14-27-20(23-18)12-21(24)25/h4-11,14H,12-13H2,1-3H3,(H,24,25).